The third-order valence-electron chi connectivity index (χ3n) is 5.19. The quantitative estimate of drug-likeness (QED) is 0.227. The van der Waals surface area contributed by atoms with Crippen LogP contribution in [0.1, 0.15) is 16.7 Å². The summed E-state index contributed by atoms with van der Waals surface area (Å²) in [6.45, 7) is 4.04. The monoisotopic (exact) mass is 471 g/mol. The second-order valence-corrected chi connectivity index (χ2v) is 8.59. The molecule has 0 saturated carbocycles. The molecular formula is C26H25N5O2S. The van der Waals surface area contributed by atoms with E-state index in [4.69, 9.17) is 4.74 Å². The first-order valence-corrected chi connectivity index (χ1v) is 11.7. The number of hydrogen-bond acceptors (Lipinski definition) is 6. The SMILES string of the molecule is COc1ccc(-c2nnc(SCC(=O)NN=Cc3ccccc3C)n2-c2ccc(C)cc2)cc1. The molecule has 0 unspecified atom stereocenters. The highest BCUT2D eigenvalue weighted by Crippen LogP contribution is 2.29. The summed E-state index contributed by atoms with van der Waals surface area (Å²) in [5.74, 6) is 1.38. The van der Waals surface area contributed by atoms with Crippen LogP contribution >= 0.6 is 11.8 Å². The first-order valence-electron chi connectivity index (χ1n) is 10.7. The number of benzene rings is 3. The van der Waals surface area contributed by atoms with Crippen LogP contribution in [0.5, 0.6) is 5.75 Å². The number of nitrogens with one attached hydrogen (secondary N) is 1. The van der Waals surface area contributed by atoms with Crippen LogP contribution in [0.15, 0.2) is 83.1 Å². The standard InChI is InChI=1S/C26H25N5O2S/c1-18-8-12-22(13-9-18)31-25(20-10-14-23(33-3)15-11-20)29-30-26(31)34-17-24(32)28-27-16-21-7-5-4-6-19(21)2/h4-16H,17H2,1-3H3,(H,28,32). The lowest BCUT2D eigenvalue weighted by Crippen LogP contribution is -2.20. The van der Waals surface area contributed by atoms with Gasteiger partial charge in [-0.15, -0.1) is 10.2 Å². The summed E-state index contributed by atoms with van der Waals surface area (Å²) in [5, 5.41) is 13.5. The largest absolute Gasteiger partial charge is 0.497 e. The second-order valence-electron chi connectivity index (χ2n) is 7.64. The van der Waals surface area contributed by atoms with Gasteiger partial charge in [-0.25, -0.2) is 5.43 Å². The molecule has 0 bridgehead atoms. The summed E-state index contributed by atoms with van der Waals surface area (Å²) in [7, 11) is 1.63. The van der Waals surface area contributed by atoms with Gasteiger partial charge in [0.15, 0.2) is 11.0 Å². The zero-order valence-electron chi connectivity index (χ0n) is 19.2. The van der Waals surface area contributed by atoms with E-state index in [9.17, 15) is 4.79 Å². The fraction of sp³-hybridized carbons (Fsp3) is 0.154. The number of nitrogens with zero attached hydrogens (tertiary/aromatic N) is 4. The summed E-state index contributed by atoms with van der Waals surface area (Å²) in [6.07, 6.45) is 1.65. The molecule has 4 rings (SSSR count). The van der Waals surface area contributed by atoms with Crippen molar-refractivity contribution >= 4 is 23.9 Å². The molecule has 0 spiro atoms. The van der Waals surface area contributed by atoms with E-state index in [0.29, 0.717) is 11.0 Å². The van der Waals surface area contributed by atoms with Gasteiger partial charge in [-0.3, -0.25) is 9.36 Å². The van der Waals surface area contributed by atoms with Crippen molar-refractivity contribution in [2.75, 3.05) is 12.9 Å². The molecule has 0 aliphatic carbocycles. The molecule has 4 aromatic rings. The van der Waals surface area contributed by atoms with E-state index in [1.165, 1.54) is 11.8 Å². The zero-order chi connectivity index (χ0) is 23.9. The number of carbonyl (C=O) groups is 1. The number of rotatable bonds is 8. The molecule has 0 atom stereocenters. The number of thioether (sulfide) groups is 1. The van der Waals surface area contributed by atoms with Crippen LogP contribution in [0.4, 0.5) is 0 Å². The molecule has 172 valence electrons. The number of aromatic nitrogens is 3. The Morgan fingerprint density at radius 2 is 1.76 bits per heavy atom. The Hall–Kier alpha value is -3.91. The highest BCUT2D eigenvalue weighted by molar-refractivity contribution is 7.99. The van der Waals surface area contributed by atoms with E-state index in [0.717, 1.165) is 33.7 Å². The van der Waals surface area contributed by atoms with Crippen LogP contribution < -0.4 is 10.2 Å². The summed E-state index contributed by atoms with van der Waals surface area (Å²) in [5.41, 5.74) is 7.60. The summed E-state index contributed by atoms with van der Waals surface area (Å²) >= 11 is 1.31. The van der Waals surface area contributed by atoms with E-state index in [2.05, 4.69) is 20.7 Å². The topological polar surface area (TPSA) is 81.4 Å². The minimum atomic E-state index is -0.223. The van der Waals surface area contributed by atoms with Gasteiger partial charge < -0.3 is 4.74 Å². The third-order valence-corrected chi connectivity index (χ3v) is 6.12. The number of amides is 1. The van der Waals surface area contributed by atoms with Crippen LogP contribution in [-0.4, -0.2) is 39.7 Å². The van der Waals surface area contributed by atoms with Gasteiger partial charge in [0.2, 0.25) is 0 Å². The first kappa shape index (κ1) is 23.3. The van der Waals surface area contributed by atoms with Gasteiger partial charge in [-0.05, 0) is 61.4 Å². The van der Waals surface area contributed by atoms with Crippen LogP contribution in [0.2, 0.25) is 0 Å². The van der Waals surface area contributed by atoms with Gasteiger partial charge in [0.05, 0.1) is 19.1 Å². The van der Waals surface area contributed by atoms with Gasteiger partial charge in [0.1, 0.15) is 5.75 Å². The predicted molar refractivity (Wildman–Crippen MR) is 136 cm³/mol. The number of hydrazone groups is 1. The van der Waals surface area contributed by atoms with Gasteiger partial charge in [-0.2, -0.15) is 5.10 Å². The fourth-order valence-corrected chi connectivity index (χ4v) is 4.03. The minimum absolute atomic E-state index is 0.151. The van der Waals surface area contributed by atoms with Crippen molar-refractivity contribution in [2.24, 2.45) is 5.10 Å². The smallest absolute Gasteiger partial charge is 0.250 e. The zero-order valence-corrected chi connectivity index (χ0v) is 20.0. The normalized spacial score (nSPS) is 11.0. The fourth-order valence-electron chi connectivity index (χ4n) is 3.28. The predicted octanol–water partition coefficient (Wildman–Crippen LogP) is 4.80. The molecule has 1 amide bonds. The second kappa shape index (κ2) is 10.8. The molecule has 3 aromatic carbocycles. The molecule has 1 N–H and O–H groups in total. The third kappa shape index (κ3) is 5.52. The van der Waals surface area contributed by atoms with Gasteiger partial charge >= 0.3 is 0 Å². The summed E-state index contributed by atoms with van der Waals surface area (Å²) in [6, 6.07) is 23.6. The van der Waals surface area contributed by atoms with Crippen molar-refractivity contribution in [2.45, 2.75) is 19.0 Å². The molecule has 0 aliphatic heterocycles. The average Bonchev–Trinajstić information content (AvgIpc) is 3.28. The lowest BCUT2D eigenvalue weighted by molar-refractivity contribution is -0.118. The Morgan fingerprint density at radius 1 is 1.03 bits per heavy atom. The Labute approximate surface area is 202 Å². The van der Waals surface area contributed by atoms with E-state index in [1.54, 1.807) is 13.3 Å². The highest BCUT2D eigenvalue weighted by Gasteiger charge is 2.17. The van der Waals surface area contributed by atoms with Gasteiger partial charge in [0, 0.05) is 11.3 Å². The Balaban J connectivity index is 1.53. The maximum atomic E-state index is 12.4. The van der Waals surface area contributed by atoms with Crippen LogP contribution in [0, 0.1) is 13.8 Å². The molecule has 1 aromatic heterocycles. The Morgan fingerprint density at radius 3 is 2.47 bits per heavy atom. The molecule has 0 aliphatic rings. The average molecular weight is 472 g/mol. The summed E-state index contributed by atoms with van der Waals surface area (Å²) in [4.78, 5) is 12.4. The lowest BCUT2D eigenvalue weighted by Gasteiger charge is -2.11. The lowest BCUT2D eigenvalue weighted by atomic mass is 10.1. The summed E-state index contributed by atoms with van der Waals surface area (Å²) < 4.78 is 7.22. The van der Waals surface area contributed by atoms with E-state index in [1.807, 2.05) is 91.2 Å². The molecule has 8 heteroatoms. The van der Waals surface area contributed by atoms with Crippen molar-refractivity contribution in [3.05, 3.63) is 89.5 Å². The maximum absolute atomic E-state index is 12.4. The van der Waals surface area contributed by atoms with E-state index >= 15 is 0 Å². The minimum Gasteiger partial charge on any atom is -0.497 e. The molecule has 0 radical (unpaired) electrons. The molecule has 1 heterocycles. The van der Waals surface area contributed by atoms with Crippen molar-refractivity contribution in [1.29, 1.82) is 0 Å². The van der Waals surface area contributed by atoms with Crippen molar-refractivity contribution in [1.82, 2.24) is 20.2 Å². The van der Waals surface area contributed by atoms with Crippen molar-refractivity contribution in [3.63, 3.8) is 0 Å². The van der Waals surface area contributed by atoms with Crippen molar-refractivity contribution in [3.8, 4) is 22.8 Å². The van der Waals surface area contributed by atoms with E-state index in [-0.39, 0.29) is 11.7 Å². The number of carbonyl (C=O) groups excluding carboxylic acids is 1. The van der Waals surface area contributed by atoms with E-state index < -0.39 is 0 Å². The first-order chi connectivity index (χ1) is 16.5. The van der Waals surface area contributed by atoms with Gasteiger partial charge in [0.25, 0.3) is 5.91 Å². The Bertz CT molecular complexity index is 1300. The molecular weight excluding hydrogens is 446 g/mol. The number of methoxy groups -OCH3 is 1. The molecule has 0 saturated heterocycles. The van der Waals surface area contributed by atoms with Crippen molar-refractivity contribution < 1.29 is 9.53 Å². The Kier molecular flexibility index (Phi) is 7.39. The number of ether oxygens (including phenoxy) is 1. The van der Waals surface area contributed by atoms with Gasteiger partial charge in [-0.1, -0.05) is 53.7 Å². The van der Waals surface area contributed by atoms with Crippen LogP contribution in [0.3, 0.4) is 0 Å². The molecule has 7 nitrogen and oxygen atoms in total. The van der Waals surface area contributed by atoms with Crippen LogP contribution in [0.25, 0.3) is 17.1 Å². The molecule has 0 fully saturated rings. The highest BCUT2D eigenvalue weighted by atomic mass is 32.2. The number of hydrogen-bond donors (Lipinski definition) is 1. The molecule has 34 heavy (non-hydrogen) atoms. The van der Waals surface area contributed by atoms with Crippen LogP contribution in [-0.2, 0) is 4.79 Å². The number of aryl methyl sites for hydroxylation is 2. The maximum Gasteiger partial charge on any atom is 0.250 e.